The maximum Gasteiger partial charge on any atom is 0.309 e. The van der Waals surface area contributed by atoms with Gasteiger partial charge in [-0.1, -0.05) is 26.2 Å². The molecular formula is C13H20N2O2S. The summed E-state index contributed by atoms with van der Waals surface area (Å²) in [6, 6.07) is 0. The predicted molar refractivity (Wildman–Crippen MR) is 73.1 cm³/mol. The molecule has 2 rings (SSSR count). The molecule has 18 heavy (non-hydrogen) atoms. The Morgan fingerprint density at radius 1 is 1.50 bits per heavy atom. The molecule has 0 aromatic carbocycles. The fourth-order valence-electron chi connectivity index (χ4n) is 2.50. The van der Waals surface area contributed by atoms with Crippen molar-refractivity contribution in [3.8, 4) is 0 Å². The summed E-state index contributed by atoms with van der Waals surface area (Å²) in [5.41, 5.74) is 1.01. The van der Waals surface area contributed by atoms with Crippen LogP contribution in [0.25, 0.3) is 0 Å². The van der Waals surface area contributed by atoms with Gasteiger partial charge in [0.15, 0.2) is 5.13 Å². The second kappa shape index (κ2) is 5.69. The summed E-state index contributed by atoms with van der Waals surface area (Å²) < 4.78 is 0. The van der Waals surface area contributed by atoms with Gasteiger partial charge in [-0.05, 0) is 18.3 Å². The van der Waals surface area contributed by atoms with Crippen molar-refractivity contribution in [1.82, 2.24) is 4.98 Å². The van der Waals surface area contributed by atoms with Crippen molar-refractivity contribution >= 4 is 22.4 Å². The zero-order valence-electron chi connectivity index (χ0n) is 10.7. The molecule has 1 saturated carbocycles. The summed E-state index contributed by atoms with van der Waals surface area (Å²) >= 11 is 1.49. The van der Waals surface area contributed by atoms with Crippen LogP contribution >= 0.6 is 11.3 Å². The minimum Gasteiger partial charge on any atom is -0.481 e. The van der Waals surface area contributed by atoms with E-state index in [0.29, 0.717) is 11.1 Å². The summed E-state index contributed by atoms with van der Waals surface area (Å²) in [4.78, 5) is 14.9. The SMILES string of the molecule is CC1(CNc2nc(CC(=O)O)cs2)CCCCC1. The molecule has 0 amide bonds. The number of carboxylic acid groups (broad SMARTS) is 1. The average Bonchev–Trinajstić information content (AvgIpc) is 2.74. The maximum atomic E-state index is 10.6. The lowest BCUT2D eigenvalue weighted by atomic mass is 9.76. The molecule has 0 bridgehead atoms. The van der Waals surface area contributed by atoms with Crippen LogP contribution in [0.15, 0.2) is 5.38 Å². The standard InChI is InChI=1S/C13H20N2O2S/c1-13(5-3-2-4-6-13)9-14-12-15-10(8-18-12)7-11(16)17/h8H,2-7,9H2,1H3,(H,14,15)(H,16,17). The van der Waals surface area contributed by atoms with Crippen molar-refractivity contribution < 1.29 is 9.90 Å². The normalized spacial score (nSPS) is 18.5. The van der Waals surface area contributed by atoms with Gasteiger partial charge in [-0.3, -0.25) is 4.79 Å². The number of aliphatic carboxylic acids is 1. The highest BCUT2D eigenvalue weighted by molar-refractivity contribution is 7.13. The molecular weight excluding hydrogens is 248 g/mol. The highest BCUT2D eigenvalue weighted by Gasteiger charge is 2.26. The van der Waals surface area contributed by atoms with E-state index >= 15 is 0 Å². The minimum absolute atomic E-state index is 0.00937. The second-order valence-corrected chi connectivity index (χ2v) is 6.30. The zero-order valence-corrected chi connectivity index (χ0v) is 11.6. The first kappa shape index (κ1) is 13.3. The fraction of sp³-hybridized carbons (Fsp3) is 0.692. The number of thiazole rings is 1. The number of anilines is 1. The van der Waals surface area contributed by atoms with Crippen molar-refractivity contribution in [2.45, 2.75) is 45.4 Å². The molecule has 4 nitrogen and oxygen atoms in total. The Kier molecular flexibility index (Phi) is 4.22. The topological polar surface area (TPSA) is 62.2 Å². The summed E-state index contributed by atoms with van der Waals surface area (Å²) in [6.45, 7) is 3.26. The van der Waals surface area contributed by atoms with Gasteiger partial charge in [-0.25, -0.2) is 4.98 Å². The molecule has 2 N–H and O–H groups in total. The summed E-state index contributed by atoms with van der Waals surface area (Å²) in [6.07, 6.45) is 6.55. The molecule has 0 radical (unpaired) electrons. The Labute approximate surface area is 111 Å². The highest BCUT2D eigenvalue weighted by Crippen LogP contribution is 2.35. The average molecular weight is 268 g/mol. The van der Waals surface area contributed by atoms with Gasteiger partial charge in [0.1, 0.15) is 0 Å². The lowest BCUT2D eigenvalue weighted by Gasteiger charge is -2.33. The molecule has 1 aromatic heterocycles. The minimum atomic E-state index is -0.828. The maximum absolute atomic E-state index is 10.6. The Morgan fingerprint density at radius 3 is 2.89 bits per heavy atom. The van der Waals surface area contributed by atoms with Gasteiger partial charge in [0, 0.05) is 11.9 Å². The highest BCUT2D eigenvalue weighted by atomic mass is 32.1. The number of nitrogens with zero attached hydrogens (tertiary/aromatic N) is 1. The van der Waals surface area contributed by atoms with E-state index in [1.807, 2.05) is 5.38 Å². The Bertz CT molecular complexity index is 411. The van der Waals surface area contributed by atoms with Crippen molar-refractivity contribution in [2.24, 2.45) is 5.41 Å². The van der Waals surface area contributed by atoms with Crippen molar-refractivity contribution in [3.63, 3.8) is 0 Å². The summed E-state index contributed by atoms with van der Waals surface area (Å²) in [7, 11) is 0. The number of aromatic nitrogens is 1. The van der Waals surface area contributed by atoms with Crippen LogP contribution in [-0.4, -0.2) is 22.6 Å². The molecule has 0 unspecified atom stereocenters. The number of carboxylic acids is 1. The molecule has 0 aliphatic heterocycles. The van der Waals surface area contributed by atoms with Crippen molar-refractivity contribution in [3.05, 3.63) is 11.1 Å². The van der Waals surface area contributed by atoms with E-state index in [1.54, 1.807) is 0 Å². The zero-order chi connectivity index (χ0) is 13.0. The van der Waals surface area contributed by atoms with Gasteiger partial charge >= 0.3 is 5.97 Å². The molecule has 0 spiro atoms. The lowest BCUT2D eigenvalue weighted by molar-refractivity contribution is -0.136. The monoisotopic (exact) mass is 268 g/mol. The van der Waals surface area contributed by atoms with Crippen LogP contribution in [0.4, 0.5) is 5.13 Å². The Balaban J connectivity index is 1.85. The lowest BCUT2D eigenvalue weighted by Crippen LogP contribution is -2.28. The van der Waals surface area contributed by atoms with Gasteiger partial charge < -0.3 is 10.4 Å². The molecule has 1 aliphatic carbocycles. The molecule has 1 heterocycles. The fourth-order valence-corrected chi connectivity index (χ4v) is 3.20. The molecule has 1 fully saturated rings. The molecule has 1 aliphatic rings. The Morgan fingerprint density at radius 2 is 2.22 bits per heavy atom. The van der Waals surface area contributed by atoms with Crippen LogP contribution in [0, 0.1) is 5.41 Å². The van der Waals surface area contributed by atoms with Gasteiger partial charge in [0.25, 0.3) is 0 Å². The van der Waals surface area contributed by atoms with E-state index in [9.17, 15) is 4.79 Å². The first-order valence-corrected chi connectivity index (χ1v) is 7.35. The molecule has 0 atom stereocenters. The van der Waals surface area contributed by atoms with Crippen LogP contribution in [0.1, 0.15) is 44.7 Å². The predicted octanol–water partition coefficient (Wildman–Crippen LogP) is 3.15. The van der Waals surface area contributed by atoms with Crippen LogP contribution in [0.2, 0.25) is 0 Å². The largest absolute Gasteiger partial charge is 0.481 e. The molecule has 1 aromatic rings. The quantitative estimate of drug-likeness (QED) is 0.861. The number of hydrogen-bond acceptors (Lipinski definition) is 4. The van der Waals surface area contributed by atoms with Crippen LogP contribution < -0.4 is 5.32 Å². The van der Waals surface area contributed by atoms with E-state index in [4.69, 9.17) is 5.11 Å². The van der Waals surface area contributed by atoms with E-state index < -0.39 is 5.97 Å². The Hall–Kier alpha value is -1.10. The number of nitrogens with one attached hydrogen (secondary N) is 1. The van der Waals surface area contributed by atoms with Crippen molar-refractivity contribution in [2.75, 3.05) is 11.9 Å². The third-order valence-electron chi connectivity index (χ3n) is 3.61. The first-order chi connectivity index (χ1) is 8.57. The van der Waals surface area contributed by atoms with Gasteiger partial charge in [-0.2, -0.15) is 0 Å². The smallest absolute Gasteiger partial charge is 0.309 e. The van der Waals surface area contributed by atoms with E-state index in [1.165, 1.54) is 43.4 Å². The summed E-state index contributed by atoms with van der Waals surface area (Å²) in [5.74, 6) is -0.828. The first-order valence-electron chi connectivity index (χ1n) is 6.47. The number of hydrogen-bond donors (Lipinski definition) is 2. The van der Waals surface area contributed by atoms with Gasteiger partial charge in [0.05, 0.1) is 12.1 Å². The van der Waals surface area contributed by atoms with Crippen molar-refractivity contribution in [1.29, 1.82) is 0 Å². The van der Waals surface area contributed by atoms with E-state index in [0.717, 1.165) is 11.7 Å². The summed E-state index contributed by atoms with van der Waals surface area (Å²) in [5, 5.41) is 14.7. The van der Waals surface area contributed by atoms with E-state index in [2.05, 4.69) is 17.2 Å². The van der Waals surface area contributed by atoms with Crippen LogP contribution in [0.5, 0.6) is 0 Å². The van der Waals surface area contributed by atoms with Crippen LogP contribution in [-0.2, 0) is 11.2 Å². The number of rotatable bonds is 5. The third-order valence-corrected chi connectivity index (χ3v) is 4.46. The third kappa shape index (κ3) is 3.70. The van der Waals surface area contributed by atoms with Gasteiger partial charge in [-0.15, -0.1) is 11.3 Å². The number of carbonyl (C=O) groups is 1. The van der Waals surface area contributed by atoms with Gasteiger partial charge in [0.2, 0.25) is 0 Å². The molecule has 0 saturated heterocycles. The molecule has 5 heteroatoms. The van der Waals surface area contributed by atoms with E-state index in [-0.39, 0.29) is 6.42 Å². The van der Waals surface area contributed by atoms with Crippen LogP contribution in [0.3, 0.4) is 0 Å². The molecule has 100 valence electrons. The second-order valence-electron chi connectivity index (χ2n) is 5.44.